The number of nitrogens with zero attached hydrogens (tertiary/aromatic N) is 3. The molecule has 1 aromatic rings. The Bertz CT molecular complexity index is 400. The standard InChI is InChI=1S/C9H6BrN3/c1-2-7-3-8(6-10)5-9(4-7)12-13-11/h1,3-5H,6H2. The maximum absolute atomic E-state index is 8.24. The zero-order valence-corrected chi connectivity index (χ0v) is 8.32. The number of halogens is 1. The van der Waals surface area contributed by atoms with Crippen molar-refractivity contribution in [2.24, 2.45) is 5.11 Å². The Kier molecular flexibility index (Phi) is 3.39. The van der Waals surface area contributed by atoms with Gasteiger partial charge in [-0.15, -0.1) is 6.42 Å². The van der Waals surface area contributed by atoms with Crippen molar-refractivity contribution in [3.63, 3.8) is 0 Å². The molecular formula is C9H6BrN3. The van der Waals surface area contributed by atoms with Crippen molar-refractivity contribution in [3.05, 3.63) is 39.8 Å². The van der Waals surface area contributed by atoms with Crippen LogP contribution >= 0.6 is 15.9 Å². The molecule has 4 heteroatoms. The molecule has 0 heterocycles. The van der Waals surface area contributed by atoms with Crippen LogP contribution in [-0.4, -0.2) is 0 Å². The van der Waals surface area contributed by atoms with E-state index in [1.165, 1.54) is 0 Å². The number of rotatable bonds is 2. The number of benzene rings is 1. The summed E-state index contributed by atoms with van der Waals surface area (Å²) in [5, 5.41) is 4.18. The molecule has 0 aliphatic carbocycles. The molecule has 0 radical (unpaired) electrons. The molecule has 0 aromatic heterocycles. The maximum atomic E-state index is 8.24. The van der Waals surface area contributed by atoms with Crippen molar-refractivity contribution in [1.29, 1.82) is 0 Å². The molecule has 0 fully saturated rings. The number of hydrogen-bond acceptors (Lipinski definition) is 1. The fourth-order valence-corrected chi connectivity index (χ4v) is 1.27. The highest BCUT2D eigenvalue weighted by Gasteiger charge is 1.96. The molecule has 0 N–H and O–H groups in total. The van der Waals surface area contributed by atoms with E-state index in [-0.39, 0.29) is 0 Å². The largest absolute Gasteiger partial charge is 0.115 e. The molecule has 13 heavy (non-hydrogen) atoms. The van der Waals surface area contributed by atoms with Gasteiger partial charge in [0.25, 0.3) is 0 Å². The van der Waals surface area contributed by atoms with Gasteiger partial charge < -0.3 is 0 Å². The third-order valence-corrected chi connectivity index (χ3v) is 2.11. The summed E-state index contributed by atoms with van der Waals surface area (Å²) in [4.78, 5) is 2.70. The Balaban J connectivity index is 3.24. The molecule has 0 spiro atoms. The Morgan fingerprint density at radius 1 is 1.54 bits per heavy atom. The molecule has 0 bridgehead atoms. The minimum Gasteiger partial charge on any atom is -0.115 e. The van der Waals surface area contributed by atoms with Crippen LogP contribution in [0.3, 0.4) is 0 Å². The highest BCUT2D eigenvalue weighted by Crippen LogP contribution is 2.19. The lowest BCUT2D eigenvalue weighted by atomic mass is 10.1. The highest BCUT2D eigenvalue weighted by atomic mass is 79.9. The van der Waals surface area contributed by atoms with Gasteiger partial charge in [-0.05, 0) is 29.3 Å². The molecule has 1 rings (SSSR count). The summed E-state index contributed by atoms with van der Waals surface area (Å²) in [6, 6.07) is 5.33. The average Bonchev–Trinajstić information content (AvgIpc) is 2.17. The summed E-state index contributed by atoms with van der Waals surface area (Å²) in [5.41, 5.74) is 10.5. The summed E-state index contributed by atoms with van der Waals surface area (Å²) < 4.78 is 0. The van der Waals surface area contributed by atoms with E-state index in [1.54, 1.807) is 12.1 Å². The third kappa shape index (κ3) is 2.51. The van der Waals surface area contributed by atoms with E-state index in [9.17, 15) is 0 Å². The fourth-order valence-electron chi connectivity index (χ4n) is 0.944. The highest BCUT2D eigenvalue weighted by molar-refractivity contribution is 9.08. The van der Waals surface area contributed by atoms with Gasteiger partial charge in [0, 0.05) is 21.5 Å². The van der Waals surface area contributed by atoms with E-state index in [0.29, 0.717) is 11.0 Å². The van der Waals surface area contributed by atoms with Gasteiger partial charge in [0.1, 0.15) is 0 Å². The molecule has 0 aliphatic heterocycles. The van der Waals surface area contributed by atoms with Crippen LogP contribution in [0.25, 0.3) is 10.4 Å². The first kappa shape index (κ1) is 9.66. The van der Waals surface area contributed by atoms with Gasteiger partial charge >= 0.3 is 0 Å². The van der Waals surface area contributed by atoms with Crippen LogP contribution in [0.5, 0.6) is 0 Å². The predicted molar refractivity (Wildman–Crippen MR) is 55.8 cm³/mol. The van der Waals surface area contributed by atoms with Crippen molar-refractivity contribution in [1.82, 2.24) is 0 Å². The van der Waals surface area contributed by atoms with Crippen molar-refractivity contribution in [2.75, 3.05) is 0 Å². The SMILES string of the molecule is C#Cc1cc(CBr)cc(N=[N+]=[N-])c1. The Labute approximate surface area is 84.5 Å². The van der Waals surface area contributed by atoms with E-state index >= 15 is 0 Å². The van der Waals surface area contributed by atoms with Gasteiger partial charge in [0.15, 0.2) is 0 Å². The van der Waals surface area contributed by atoms with Crippen molar-refractivity contribution in [2.45, 2.75) is 5.33 Å². The predicted octanol–water partition coefficient (Wildman–Crippen LogP) is 3.50. The molecule has 0 atom stereocenters. The van der Waals surface area contributed by atoms with E-state index in [1.807, 2.05) is 6.07 Å². The second-order valence-corrected chi connectivity index (χ2v) is 2.92. The average molecular weight is 236 g/mol. The third-order valence-electron chi connectivity index (χ3n) is 1.46. The molecule has 64 valence electrons. The zero-order valence-electron chi connectivity index (χ0n) is 6.74. The molecule has 3 nitrogen and oxygen atoms in total. The second kappa shape index (κ2) is 4.56. The van der Waals surface area contributed by atoms with Gasteiger partial charge in [-0.2, -0.15) is 0 Å². The van der Waals surface area contributed by atoms with Gasteiger partial charge in [0.05, 0.1) is 0 Å². The maximum Gasteiger partial charge on any atom is 0.0390 e. The zero-order chi connectivity index (χ0) is 9.68. The molecule has 0 aliphatic rings. The smallest absolute Gasteiger partial charge is 0.0390 e. The lowest BCUT2D eigenvalue weighted by Crippen LogP contribution is -1.80. The topological polar surface area (TPSA) is 48.8 Å². The Morgan fingerprint density at radius 2 is 2.31 bits per heavy atom. The van der Waals surface area contributed by atoms with Crippen molar-refractivity contribution in [3.8, 4) is 12.3 Å². The molecule has 0 saturated carbocycles. The van der Waals surface area contributed by atoms with Crippen LogP contribution in [0.15, 0.2) is 23.3 Å². The van der Waals surface area contributed by atoms with Crippen LogP contribution in [0, 0.1) is 12.3 Å². The first-order chi connectivity index (χ1) is 6.30. The first-order valence-electron chi connectivity index (χ1n) is 3.52. The lowest BCUT2D eigenvalue weighted by molar-refractivity contribution is 1.38. The van der Waals surface area contributed by atoms with Gasteiger partial charge in [-0.3, -0.25) is 0 Å². The van der Waals surface area contributed by atoms with E-state index in [2.05, 4.69) is 31.9 Å². The van der Waals surface area contributed by atoms with E-state index < -0.39 is 0 Å². The fraction of sp³-hybridized carbons (Fsp3) is 0.111. The molecule has 0 amide bonds. The monoisotopic (exact) mass is 235 g/mol. The summed E-state index contributed by atoms with van der Waals surface area (Å²) >= 11 is 3.30. The van der Waals surface area contributed by atoms with Crippen LogP contribution in [0.1, 0.15) is 11.1 Å². The molecule has 1 aromatic carbocycles. The van der Waals surface area contributed by atoms with Crippen LogP contribution in [0.4, 0.5) is 5.69 Å². The summed E-state index contributed by atoms with van der Waals surface area (Å²) in [7, 11) is 0. The van der Waals surface area contributed by atoms with E-state index in [4.69, 9.17) is 12.0 Å². The van der Waals surface area contributed by atoms with Gasteiger partial charge in [-0.25, -0.2) is 0 Å². The van der Waals surface area contributed by atoms with Crippen molar-refractivity contribution < 1.29 is 0 Å². The Morgan fingerprint density at radius 3 is 2.85 bits per heavy atom. The van der Waals surface area contributed by atoms with Crippen molar-refractivity contribution >= 4 is 21.6 Å². The van der Waals surface area contributed by atoms with Crippen LogP contribution in [-0.2, 0) is 5.33 Å². The summed E-state index contributed by atoms with van der Waals surface area (Å²) in [5.74, 6) is 2.50. The minimum absolute atomic E-state index is 0.549. The minimum atomic E-state index is 0.549. The summed E-state index contributed by atoms with van der Waals surface area (Å²) in [6.45, 7) is 0. The molecular weight excluding hydrogens is 230 g/mol. The van der Waals surface area contributed by atoms with Gasteiger partial charge in [-0.1, -0.05) is 27.0 Å². The number of azide groups is 1. The number of terminal acetylenes is 1. The molecule has 0 saturated heterocycles. The number of hydrogen-bond donors (Lipinski definition) is 0. The number of alkyl halides is 1. The van der Waals surface area contributed by atoms with Crippen LogP contribution < -0.4 is 0 Å². The quantitative estimate of drug-likeness (QED) is 0.248. The normalized spacial score (nSPS) is 8.62. The van der Waals surface area contributed by atoms with E-state index in [0.717, 1.165) is 11.1 Å². The lowest BCUT2D eigenvalue weighted by Gasteiger charge is -1.99. The Hall–Kier alpha value is -1.43. The van der Waals surface area contributed by atoms with Crippen LogP contribution in [0.2, 0.25) is 0 Å². The second-order valence-electron chi connectivity index (χ2n) is 2.36. The van der Waals surface area contributed by atoms with Gasteiger partial charge in [0.2, 0.25) is 0 Å². The first-order valence-corrected chi connectivity index (χ1v) is 4.64. The summed E-state index contributed by atoms with van der Waals surface area (Å²) in [6.07, 6.45) is 5.24. The molecule has 0 unspecified atom stereocenters.